The molecule has 0 fully saturated rings. The Kier molecular flexibility index (Phi) is 3.44. The zero-order valence-corrected chi connectivity index (χ0v) is 7.79. The van der Waals surface area contributed by atoms with Gasteiger partial charge in [-0.15, -0.1) is 0 Å². The summed E-state index contributed by atoms with van der Waals surface area (Å²) in [5.74, 6) is 0. The van der Waals surface area contributed by atoms with E-state index in [1.165, 1.54) is 12.1 Å². The molecule has 15 heavy (non-hydrogen) atoms. The van der Waals surface area contributed by atoms with Crippen molar-refractivity contribution >= 4 is 12.0 Å². The summed E-state index contributed by atoms with van der Waals surface area (Å²) in [5.41, 5.74) is 8.13. The molecule has 1 aromatic rings. The van der Waals surface area contributed by atoms with Crippen molar-refractivity contribution in [2.75, 3.05) is 0 Å². The van der Waals surface area contributed by atoms with Crippen LogP contribution in [0.2, 0.25) is 0 Å². The third kappa shape index (κ3) is 3.14. The SMILES string of the molecule is N/C=[N+](\[O-])NCc1ccc([N+](=O)[O-])cc1. The predicted molar refractivity (Wildman–Crippen MR) is 53.8 cm³/mol. The van der Waals surface area contributed by atoms with Gasteiger partial charge in [0.05, 0.1) is 11.5 Å². The first kappa shape index (κ1) is 10.8. The van der Waals surface area contributed by atoms with Crippen LogP contribution in [0.25, 0.3) is 0 Å². The predicted octanol–water partition coefficient (Wildman–Crippen LogP) is 0.0967. The van der Waals surface area contributed by atoms with Crippen LogP contribution < -0.4 is 11.2 Å². The molecule has 0 unspecified atom stereocenters. The lowest BCUT2D eigenvalue weighted by atomic mass is 10.2. The van der Waals surface area contributed by atoms with E-state index in [-0.39, 0.29) is 12.2 Å². The third-order valence-corrected chi connectivity index (χ3v) is 1.72. The van der Waals surface area contributed by atoms with Gasteiger partial charge < -0.3 is 5.21 Å². The average molecular weight is 210 g/mol. The second kappa shape index (κ2) is 4.80. The Balaban J connectivity index is 2.61. The van der Waals surface area contributed by atoms with E-state index in [0.717, 1.165) is 11.9 Å². The minimum Gasteiger partial charge on any atom is -0.693 e. The summed E-state index contributed by atoms with van der Waals surface area (Å²) >= 11 is 0. The highest BCUT2D eigenvalue weighted by molar-refractivity contribution is 5.44. The molecular weight excluding hydrogens is 200 g/mol. The molecule has 7 heteroatoms. The van der Waals surface area contributed by atoms with Crippen molar-refractivity contribution in [1.29, 1.82) is 0 Å². The maximum atomic E-state index is 10.7. The average Bonchev–Trinajstić information content (AvgIpc) is 2.26. The Morgan fingerprint density at radius 3 is 2.40 bits per heavy atom. The standard InChI is InChI=1S/C8H10N4O3/c9-6-11(13)10-5-7-1-3-8(4-2-7)12(14)15/h1-4,6,10H,5,9H2/b11-6-. The quantitative estimate of drug-likeness (QED) is 0.183. The lowest BCUT2D eigenvalue weighted by Gasteiger charge is -2.09. The molecule has 0 aliphatic rings. The van der Waals surface area contributed by atoms with E-state index in [1.807, 2.05) is 0 Å². The van der Waals surface area contributed by atoms with E-state index in [0.29, 0.717) is 4.85 Å². The lowest BCUT2D eigenvalue weighted by molar-refractivity contribution is -0.522. The zero-order valence-electron chi connectivity index (χ0n) is 7.79. The highest BCUT2D eigenvalue weighted by Gasteiger charge is 2.03. The molecule has 0 amide bonds. The van der Waals surface area contributed by atoms with Crippen LogP contribution in [-0.4, -0.2) is 16.1 Å². The number of nitrogens with zero attached hydrogens (tertiary/aromatic N) is 2. The van der Waals surface area contributed by atoms with Gasteiger partial charge in [-0.05, 0) is 5.56 Å². The summed E-state index contributed by atoms with van der Waals surface area (Å²) in [6.07, 6.45) is 0.839. The first-order chi connectivity index (χ1) is 7.13. The molecular formula is C8H10N4O3. The van der Waals surface area contributed by atoms with Crippen molar-refractivity contribution in [3.63, 3.8) is 0 Å². The van der Waals surface area contributed by atoms with E-state index in [2.05, 4.69) is 5.43 Å². The molecule has 0 bridgehead atoms. The van der Waals surface area contributed by atoms with Crippen LogP contribution in [0.15, 0.2) is 24.3 Å². The molecule has 0 atom stereocenters. The lowest BCUT2D eigenvalue weighted by Crippen LogP contribution is -2.26. The van der Waals surface area contributed by atoms with Crippen LogP contribution in [0.5, 0.6) is 0 Å². The fourth-order valence-corrected chi connectivity index (χ4v) is 0.957. The maximum absolute atomic E-state index is 10.7. The minimum absolute atomic E-state index is 0.0168. The Morgan fingerprint density at radius 1 is 1.33 bits per heavy atom. The number of benzene rings is 1. The largest absolute Gasteiger partial charge is 0.693 e. The van der Waals surface area contributed by atoms with Crippen LogP contribution in [0.1, 0.15) is 5.56 Å². The molecule has 0 radical (unpaired) electrons. The molecule has 0 aliphatic heterocycles. The van der Waals surface area contributed by atoms with Crippen LogP contribution in [-0.2, 0) is 6.54 Å². The molecule has 80 valence electrons. The molecule has 0 saturated heterocycles. The molecule has 7 nitrogen and oxygen atoms in total. The topological polar surface area (TPSA) is 107 Å². The smallest absolute Gasteiger partial charge is 0.269 e. The highest BCUT2D eigenvalue weighted by atomic mass is 16.6. The molecule has 3 N–H and O–H groups in total. The number of nitro groups is 1. The van der Waals surface area contributed by atoms with E-state index < -0.39 is 4.92 Å². The summed E-state index contributed by atoms with van der Waals surface area (Å²) in [4.78, 5) is 10.2. The van der Waals surface area contributed by atoms with Gasteiger partial charge in [-0.25, -0.2) is 0 Å². The number of hydrazine groups is 1. The van der Waals surface area contributed by atoms with Crippen LogP contribution >= 0.6 is 0 Å². The van der Waals surface area contributed by atoms with Crippen LogP contribution in [0, 0.1) is 15.3 Å². The van der Waals surface area contributed by atoms with Gasteiger partial charge in [0, 0.05) is 12.1 Å². The number of rotatable bonds is 4. The zero-order chi connectivity index (χ0) is 11.3. The molecule has 0 heterocycles. The van der Waals surface area contributed by atoms with Gasteiger partial charge in [-0.2, -0.15) is 4.85 Å². The highest BCUT2D eigenvalue weighted by Crippen LogP contribution is 2.11. The molecule has 0 spiro atoms. The Bertz CT molecular complexity index is 374. The van der Waals surface area contributed by atoms with Gasteiger partial charge in [0.1, 0.15) is 0 Å². The summed E-state index contributed by atoms with van der Waals surface area (Å²) in [6, 6.07) is 5.88. The van der Waals surface area contributed by atoms with Crippen molar-refractivity contribution in [2.24, 2.45) is 5.73 Å². The summed E-state index contributed by atoms with van der Waals surface area (Å²) < 4.78 is 0. The Morgan fingerprint density at radius 2 is 1.93 bits per heavy atom. The number of nitrogens with two attached hydrogens (primary N) is 1. The summed E-state index contributed by atoms with van der Waals surface area (Å²) in [7, 11) is 0. The molecule has 1 aromatic carbocycles. The third-order valence-electron chi connectivity index (χ3n) is 1.72. The number of nitro benzene ring substituents is 1. The van der Waals surface area contributed by atoms with Gasteiger partial charge in [-0.1, -0.05) is 12.1 Å². The fourth-order valence-electron chi connectivity index (χ4n) is 0.957. The summed E-state index contributed by atoms with van der Waals surface area (Å²) in [6.45, 7) is 0.259. The van der Waals surface area contributed by atoms with Gasteiger partial charge in [0.2, 0.25) is 0 Å². The molecule has 0 saturated carbocycles. The van der Waals surface area contributed by atoms with E-state index in [4.69, 9.17) is 5.73 Å². The van der Waals surface area contributed by atoms with E-state index >= 15 is 0 Å². The second-order valence-electron chi connectivity index (χ2n) is 2.73. The summed E-state index contributed by atoms with van der Waals surface area (Å²) in [5, 5.41) is 21.0. The fraction of sp³-hybridized carbons (Fsp3) is 0.125. The van der Waals surface area contributed by atoms with Crippen molar-refractivity contribution in [1.82, 2.24) is 5.43 Å². The van der Waals surface area contributed by atoms with E-state index in [1.54, 1.807) is 12.1 Å². The monoisotopic (exact) mass is 210 g/mol. The Hall–Kier alpha value is -2.31. The first-order valence-corrected chi connectivity index (χ1v) is 4.11. The molecule has 0 aliphatic carbocycles. The van der Waals surface area contributed by atoms with Crippen molar-refractivity contribution in [2.45, 2.75) is 6.54 Å². The molecule has 0 aromatic heterocycles. The Labute approximate surface area is 85.5 Å². The van der Waals surface area contributed by atoms with Crippen molar-refractivity contribution < 1.29 is 9.77 Å². The minimum atomic E-state index is -0.481. The van der Waals surface area contributed by atoms with Crippen molar-refractivity contribution in [3.8, 4) is 0 Å². The first-order valence-electron chi connectivity index (χ1n) is 4.11. The maximum Gasteiger partial charge on any atom is 0.269 e. The van der Waals surface area contributed by atoms with Gasteiger partial charge in [-0.3, -0.25) is 21.3 Å². The van der Waals surface area contributed by atoms with E-state index in [9.17, 15) is 15.3 Å². The number of nitrogens with one attached hydrogen (secondary N) is 1. The van der Waals surface area contributed by atoms with Gasteiger partial charge in [0.15, 0.2) is 0 Å². The van der Waals surface area contributed by atoms with Crippen LogP contribution in [0.4, 0.5) is 5.69 Å². The van der Waals surface area contributed by atoms with Gasteiger partial charge >= 0.3 is 0 Å². The number of hydrogen-bond acceptors (Lipinski definition) is 4. The normalized spacial score (nSPS) is 11.1. The van der Waals surface area contributed by atoms with Gasteiger partial charge in [0.25, 0.3) is 12.0 Å². The molecule has 1 rings (SSSR count). The van der Waals surface area contributed by atoms with Crippen LogP contribution in [0.3, 0.4) is 0 Å². The van der Waals surface area contributed by atoms with Crippen molar-refractivity contribution in [3.05, 3.63) is 45.2 Å². The number of hydrazone groups is 1. The second-order valence-corrected chi connectivity index (χ2v) is 2.73. The number of hydrogen-bond donors (Lipinski definition) is 2. The number of non-ortho nitro benzene ring substituents is 1.